The molecule has 0 aliphatic heterocycles. The van der Waals surface area contributed by atoms with Crippen LogP contribution >= 0.6 is 11.6 Å². The maximum Gasteiger partial charge on any atom is 0.220 e. The van der Waals surface area contributed by atoms with E-state index in [0.29, 0.717) is 39.8 Å². The Morgan fingerprint density at radius 2 is 2.06 bits per heavy atom. The van der Waals surface area contributed by atoms with Crippen LogP contribution in [0.15, 0.2) is 18.3 Å². The summed E-state index contributed by atoms with van der Waals surface area (Å²) >= 11 is 6.12. The number of nitrogen functional groups attached to an aromatic ring is 1. The number of rotatable bonds is 3. The van der Waals surface area contributed by atoms with E-state index in [2.05, 4.69) is 15.0 Å². The number of aromatic nitrogens is 4. The number of nitrogens with zero attached hydrogens (tertiary/aromatic N) is 4. The summed E-state index contributed by atoms with van der Waals surface area (Å²) in [4.78, 5) is 12.2. The van der Waals surface area contributed by atoms with Crippen molar-refractivity contribution in [2.45, 2.75) is 52.5 Å². The minimum atomic E-state index is -0.414. The molecule has 3 N–H and O–H groups in total. The number of fused-ring (bicyclic) bond motifs is 2. The van der Waals surface area contributed by atoms with E-state index in [9.17, 15) is 4.39 Å². The van der Waals surface area contributed by atoms with Gasteiger partial charge in [0, 0.05) is 18.2 Å². The number of halogens is 2. The molecule has 8 heteroatoms. The number of aryl methyl sites for hydroxylation is 1. The van der Waals surface area contributed by atoms with Crippen LogP contribution in [0.1, 0.15) is 51.4 Å². The summed E-state index contributed by atoms with van der Waals surface area (Å²) in [6, 6.07) is 3.35. The summed E-state index contributed by atoms with van der Waals surface area (Å²) in [5, 5.41) is 9.15. The summed E-state index contributed by atoms with van der Waals surface area (Å²) in [6.45, 7) is 6.35. The van der Waals surface area contributed by atoms with Crippen LogP contribution in [0.3, 0.4) is 0 Å². The first-order valence-corrected chi connectivity index (χ1v) is 11.2. The molecule has 3 atom stereocenters. The third-order valence-corrected chi connectivity index (χ3v) is 6.92. The second-order valence-corrected chi connectivity index (χ2v) is 9.31. The summed E-state index contributed by atoms with van der Waals surface area (Å²) in [5.74, 6) is 3.07. The highest BCUT2D eigenvalue weighted by atomic mass is 35.5. The van der Waals surface area contributed by atoms with Crippen LogP contribution in [0.4, 0.5) is 10.3 Å². The SMILES string of the molecule is Cc1nc2c(F)cc(-c3nc(N)ncc3Cl)cc2n1C(C)C.OCC1C[C@H]2CCC[C@@H]12. The first kappa shape index (κ1) is 22.0. The molecule has 31 heavy (non-hydrogen) atoms. The fraction of sp³-hybridized carbons (Fsp3) is 0.522. The van der Waals surface area contributed by atoms with Gasteiger partial charge < -0.3 is 15.4 Å². The number of nitrogens with two attached hydrogens (primary N) is 1. The predicted molar refractivity (Wildman–Crippen MR) is 121 cm³/mol. The van der Waals surface area contributed by atoms with Crippen molar-refractivity contribution < 1.29 is 9.50 Å². The summed E-state index contributed by atoms with van der Waals surface area (Å²) in [7, 11) is 0. The third kappa shape index (κ3) is 4.13. The lowest BCUT2D eigenvalue weighted by Crippen LogP contribution is -2.34. The molecule has 0 amide bonds. The van der Waals surface area contributed by atoms with Crippen LogP contribution in [-0.4, -0.2) is 31.2 Å². The van der Waals surface area contributed by atoms with Gasteiger partial charge in [-0.2, -0.15) is 0 Å². The smallest absolute Gasteiger partial charge is 0.220 e. The van der Waals surface area contributed by atoms with Gasteiger partial charge in [-0.25, -0.2) is 19.3 Å². The Bertz CT molecular complexity index is 1100. The van der Waals surface area contributed by atoms with Crippen molar-refractivity contribution in [3.63, 3.8) is 0 Å². The lowest BCUT2D eigenvalue weighted by atomic mass is 9.67. The van der Waals surface area contributed by atoms with Crippen molar-refractivity contribution >= 4 is 28.6 Å². The highest BCUT2D eigenvalue weighted by molar-refractivity contribution is 6.33. The standard InChI is InChI=1S/C15H15ClFN5.C8H14O/c1-7(2)22-8(3)20-14-11(17)4-9(5-12(14)22)13-10(16)6-19-15(18)21-13;9-5-7-4-6-2-1-3-8(6)7/h4-7H,1-3H3,(H2,18,19,21);6-9H,1-5H2/t;6-,7?,8-/m.1/s1. The first-order valence-electron chi connectivity index (χ1n) is 10.9. The Balaban J connectivity index is 0.000000212. The van der Waals surface area contributed by atoms with Crippen molar-refractivity contribution in [2.24, 2.45) is 17.8 Å². The zero-order valence-electron chi connectivity index (χ0n) is 18.1. The Labute approximate surface area is 186 Å². The minimum absolute atomic E-state index is 0.0912. The molecule has 2 aliphatic rings. The molecule has 6 nitrogen and oxygen atoms in total. The van der Waals surface area contributed by atoms with Crippen LogP contribution in [0.5, 0.6) is 0 Å². The van der Waals surface area contributed by atoms with Gasteiger partial charge in [0.05, 0.1) is 22.4 Å². The van der Waals surface area contributed by atoms with E-state index in [1.807, 2.05) is 31.4 Å². The van der Waals surface area contributed by atoms with Gasteiger partial charge in [-0.15, -0.1) is 0 Å². The largest absolute Gasteiger partial charge is 0.396 e. The molecular weight excluding hydrogens is 417 g/mol. The number of imidazole rings is 1. The fourth-order valence-electron chi connectivity index (χ4n) is 5.20. The molecule has 166 valence electrons. The fourth-order valence-corrected chi connectivity index (χ4v) is 5.40. The molecule has 3 aromatic rings. The number of aliphatic hydroxyl groups is 1. The number of anilines is 1. The molecule has 0 bridgehead atoms. The van der Waals surface area contributed by atoms with Crippen molar-refractivity contribution in [3.8, 4) is 11.3 Å². The van der Waals surface area contributed by atoms with Gasteiger partial charge in [0.25, 0.3) is 0 Å². The number of benzene rings is 1. The maximum absolute atomic E-state index is 14.4. The molecule has 1 aromatic carbocycles. The Hall–Kier alpha value is -2.25. The highest BCUT2D eigenvalue weighted by Crippen LogP contribution is 2.50. The minimum Gasteiger partial charge on any atom is -0.396 e. The maximum atomic E-state index is 14.4. The molecule has 5 rings (SSSR count). The molecule has 0 spiro atoms. The molecule has 1 unspecified atom stereocenters. The van der Waals surface area contributed by atoms with Crippen LogP contribution in [-0.2, 0) is 0 Å². The average Bonchev–Trinajstić information content (AvgIpc) is 3.24. The quantitative estimate of drug-likeness (QED) is 0.580. The van der Waals surface area contributed by atoms with Gasteiger partial charge in [0.15, 0.2) is 5.82 Å². The van der Waals surface area contributed by atoms with E-state index in [1.165, 1.54) is 37.9 Å². The predicted octanol–water partition coefficient (Wildman–Crippen LogP) is 5.17. The Morgan fingerprint density at radius 1 is 1.29 bits per heavy atom. The van der Waals surface area contributed by atoms with E-state index in [0.717, 1.165) is 17.7 Å². The highest BCUT2D eigenvalue weighted by Gasteiger charge is 2.42. The Kier molecular flexibility index (Phi) is 6.17. The van der Waals surface area contributed by atoms with Crippen molar-refractivity contribution in [1.82, 2.24) is 19.5 Å². The van der Waals surface area contributed by atoms with Gasteiger partial charge in [-0.3, -0.25) is 0 Å². The molecule has 2 heterocycles. The molecule has 2 fully saturated rings. The normalized spacial score (nSPS) is 22.2. The molecule has 2 aliphatic carbocycles. The van der Waals surface area contributed by atoms with Crippen LogP contribution < -0.4 is 5.73 Å². The van der Waals surface area contributed by atoms with E-state index in [1.54, 1.807) is 0 Å². The van der Waals surface area contributed by atoms with Gasteiger partial charge in [0.2, 0.25) is 5.95 Å². The number of hydrogen-bond donors (Lipinski definition) is 2. The lowest BCUT2D eigenvalue weighted by Gasteiger charge is -2.39. The third-order valence-electron chi connectivity index (χ3n) is 6.64. The second kappa shape index (κ2) is 8.71. The summed E-state index contributed by atoms with van der Waals surface area (Å²) in [6.07, 6.45) is 7.00. The molecule has 2 aromatic heterocycles. The zero-order chi connectivity index (χ0) is 22.3. The summed E-state index contributed by atoms with van der Waals surface area (Å²) in [5.41, 5.74) is 7.60. The zero-order valence-corrected chi connectivity index (χ0v) is 18.9. The van der Waals surface area contributed by atoms with Gasteiger partial charge in [-0.05, 0) is 63.5 Å². The van der Waals surface area contributed by atoms with E-state index < -0.39 is 5.82 Å². The van der Waals surface area contributed by atoms with Crippen LogP contribution in [0.25, 0.3) is 22.3 Å². The summed E-state index contributed by atoms with van der Waals surface area (Å²) < 4.78 is 16.4. The molecule has 0 saturated heterocycles. The van der Waals surface area contributed by atoms with Crippen LogP contribution in [0, 0.1) is 30.5 Å². The van der Waals surface area contributed by atoms with Gasteiger partial charge >= 0.3 is 0 Å². The van der Waals surface area contributed by atoms with Gasteiger partial charge in [-0.1, -0.05) is 24.4 Å². The van der Waals surface area contributed by atoms with Crippen molar-refractivity contribution in [1.29, 1.82) is 0 Å². The first-order chi connectivity index (χ1) is 14.8. The topological polar surface area (TPSA) is 89.9 Å². The second-order valence-electron chi connectivity index (χ2n) is 8.91. The van der Waals surface area contributed by atoms with E-state index >= 15 is 0 Å². The number of aliphatic hydroxyl groups excluding tert-OH is 1. The van der Waals surface area contributed by atoms with Crippen molar-refractivity contribution in [2.75, 3.05) is 12.3 Å². The molecular formula is C23H29ClFN5O. The van der Waals surface area contributed by atoms with Gasteiger partial charge in [0.1, 0.15) is 11.3 Å². The lowest BCUT2D eigenvalue weighted by molar-refractivity contribution is 0.0454. The molecule has 0 radical (unpaired) electrons. The number of hydrogen-bond acceptors (Lipinski definition) is 5. The van der Waals surface area contributed by atoms with Crippen LogP contribution in [0.2, 0.25) is 5.02 Å². The molecule has 2 saturated carbocycles. The Morgan fingerprint density at radius 3 is 2.74 bits per heavy atom. The van der Waals surface area contributed by atoms with E-state index in [4.69, 9.17) is 22.4 Å². The average molecular weight is 446 g/mol. The van der Waals surface area contributed by atoms with E-state index in [-0.39, 0.29) is 12.0 Å². The monoisotopic (exact) mass is 445 g/mol. The van der Waals surface area contributed by atoms with Crippen molar-refractivity contribution in [3.05, 3.63) is 35.0 Å².